The van der Waals surface area contributed by atoms with Crippen LogP contribution in [0.4, 0.5) is 0 Å². The summed E-state index contributed by atoms with van der Waals surface area (Å²) in [5.41, 5.74) is 1.80. The first-order chi connectivity index (χ1) is 15.6. The molecule has 184 valence electrons. The Kier molecular flexibility index (Phi) is 13.8. The van der Waals surface area contributed by atoms with Crippen LogP contribution in [0.15, 0.2) is 24.3 Å². The fourth-order valence-electron chi connectivity index (χ4n) is 3.27. The number of carbonyl (C=O) groups is 4. The molecule has 0 saturated heterocycles. The second kappa shape index (κ2) is 15.7. The molecule has 0 aliphatic carbocycles. The molecule has 0 atom stereocenters. The molecular formula is C22H32IN3O7. The molecule has 3 N–H and O–H groups in total. The predicted octanol–water partition coefficient (Wildman–Crippen LogP) is 0.913. The molecule has 11 heteroatoms. The fourth-order valence-corrected chi connectivity index (χ4v) is 3.54. The summed E-state index contributed by atoms with van der Waals surface area (Å²) in [7, 11) is 0. The largest absolute Gasteiger partial charge is 0.480 e. The van der Waals surface area contributed by atoms with Crippen molar-refractivity contribution in [3.05, 3.63) is 35.4 Å². The van der Waals surface area contributed by atoms with Crippen molar-refractivity contribution >= 4 is 46.3 Å². The molecule has 0 aliphatic heterocycles. The lowest BCUT2D eigenvalue weighted by atomic mass is 10.1. The molecule has 1 rings (SSSR count). The summed E-state index contributed by atoms with van der Waals surface area (Å²) in [5, 5.41) is 27.5. The second-order valence-corrected chi connectivity index (χ2v) is 8.47. The number of rotatable bonds is 18. The van der Waals surface area contributed by atoms with E-state index >= 15 is 0 Å². The smallest absolute Gasteiger partial charge is 0.317 e. The minimum atomic E-state index is -1.00. The average molecular weight is 577 g/mol. The number of likely N-dealkylation sites (N-methyl/N-ethyl adjacent to an activating group) is 1. The molecule has 0 aromatic heterocycles. The van der Waals surface area contributed by atoms with Gasteiger partial charge in [0, 0.05) is 39.1 Å². The van der Waals surface area contributed by atoms with Crippen molar-refractivity contribution in [1.82, 2.24) is 14.7 Å². The van der Waals surface area contributed by atoms with Gasteiger partial charge in [-0.05, 0) is 17.7 Å². The first kappa shape index (κ1) is 28.9. The zero-order valence-electron chi connectivity index (χ0n) is 18.8. The van der Waals surface area contributed by atoms with Crippen molar-refractivity contribution in [2.75, 3.05) is 56.8 Å². The van der Waals surface area contributed by atoms with Crippen LogP contribution < -0.4 is 0 Å². The molecule has 0 amide bonds. The number of carboxylic acids is 3. The summed E-state index contributed by atoms with van der Waals surface area (Å²) < 4.78 is 0.449. The third kappa shape index (κ3) is 13.3. The summed E-state index contributed by atoms with van der Waals surface area (Å²) in [5.74, 6) is -2.79. The maximum atomic E-state index is 11.6. The quantitative estimate of drug-likeness (QED) is 0.171. The van der Waals surface area contributed by atoms with Crippen molar-refractivity contribution in [3.8, 4) is 0 Å². The standard InChI is InChI=1S/C22H32IN3O7/c1-2-24(14-20(28)29)7-8-25(15-21(30)31)9-10-26(16-22(32)33)13-18-5-3-17(4-6-18)11-19(27)12-23/h3-6H,2,7-16H2,1H3,(H,28,29)(H,30,31)(H,32,33). The molecule has 0 aliphatic rings. The zero-order chi connectivity index (χ0) is 24.8. The highest BCUT2D eigenvalue weighted by Gasteiger charge is 2.17. The Bertz CT molecular complexity index is 789. The number of hydrogen-bond acceptors (Lipinski definition) is 7. The van der Waals surface area contributed by atoms with Gasteiger partial charge in [-0.25, -0.2) is 0 Å². The molecule has 0 radical (unpaired) electrons. The molecule has 33 heavy (non-hydrogen) atoms. The lowest BCUT2D eigenvalue weighted by Crippen LogP contribution is -2.43. The van der Waals surface area contributed by atoms with E-state index in [-0.39, 0.29) is 25.4 Å². The number of halogens is 1. The number of carbonyl (C=O) groups excluding carboxylic acids is 1. The van der Waals surface area contributed by atoms with Crippen molar-refractivity contribution in [2.24, 2.45) is 0 Å². The molecule has 0 unspecified atom stereocenters. The van der Waals surface area contributed by atoms with Crippen LogP contribution in [-0.2, 0) is 32.1 Å². The number of ketones is 1. The summed E-state index contributed by atoms with van der Waals surface area (Å²) in [6, 6.07) is 7.45. The van der Waals surface area contributed by atoms with E-state index in [2.05, 4.69) is 0 Å². The van der Waals surface area contributed by atoms with Crippen molar-refractivity contribution in [3.63, 3.8) is 0 Å². The Hall–Kier alpha value is -2.09. The second-order valence-electron chi connectivity index (χ2n) is 7.70. The van der Waals surface area contributed by atoms with Gasteiger partial charge >= 0.3 is 17.9 Å². The SMILES string of the molecule is CCN(CCN(CCN(CC(=O)O)Cc1ccc(CC(=O)CI)cc1)CC(=O)O)CC(=O)O. The molecule has 0 fully saturated rings. The van der Waals surface area contributed by atoms with E-state index < -0.39 is 17.9 Å². The Morgan fingerprint density at radius 3 is 1.64 bits per heavy atom. The highest BCUT2D eigenvalue weighted by atomic mass is 127. The van der Waals surface area contributed by atoms with Crippen LogP contribution >= 0.6 is 22.6 Å². The molecule has 1 aromatic carbocycles. The Morgan fingerprint density at radius 2 is 1.15 bits per heavy atom. The van der Waals surface area contributed by atoms with Gasteiger partial charge in [-0.1, -0.05) is 53.8 Å². The van der Waals surface area contributed by atoms with Crippen LogP contribution in [0, 0.1) is 0 Å². The number of nitrogens with zero attached hydrogens (tertiary/aromatic N) is 3. The van der Waals surface area contributed by atoms with Gasteiger partial charge in [-0.15, -0.1) is 0 Å². The third-order valence-electron chi connectivity index (χ3n) is 4.97. The minimum absolute atomic E-state index is 0.123. The summed E-state index contributed by atoms with van der Waals surface area (Å²) in [6.45, 7) is 3.60. The van der Waals surface area contributed by atoms with Crippen molar-refractivity contribution in [1.29, 1.82) is 0 Å². The first-order valence-corrected chi connectivity index (χ1v) is 12.1. The van der Waals surface area contributed by atoms with Crippen LogP contribution in [0.3, 0.4) is 0 Å². The monoisotopic (exact) mass is 577 g/mol. The molecule has 10 nitrogen and oxygen atoms in total. The van der Waals surface area contributed by atoms with Crippen LogP contribution in [0.2, 0.25) is 0 Å². The molecule has 0 heterocycles. The average Bonchev–Trinajstić information content (AvgIpc) is 2.74. The van der Waals surface area contributed by atoms with E-state index in [1.807, 2.05) is 53.8 Å². The van der Waals surface area contributed by atoms with Gasteiger partial charge in [0.2, 0.25) is 0 Å². The summed E-state index contributed by atoms with van der Waals surface area (Å²) in [4.78, 5) is 50.2. The Morgan fingerprint density at radius 1 is 0.727 bits per heavy atom. The van der Waals surface area contributed by atoms with E-state index in [1.54, 1.807) is 14.7 Å². The Balaban J connectivity index is 2.75. The Labute approximate surface area is 207 Å². The lowest BCUT2D eigenvalue weighted by molar-refractivity contribution is -0.140. The zero-order valence-corrected chi connectivity index (χ0v) is 20.9. The topological polar surface area (TPSA) is 139 Å². The normalized spacial score (nSPS) is 11.3. The maximum absolute atomic E-state index is 11.6. The number of alkyl halides is 1. The molecule has 0 saturated carbocycles. The molecule has 0 bridgehead atoms. The number of hydrogen-bond donors (Lipinski definition) is 3. The van der Waals surface area contributed by atoms with Crippen molar-refractivity contribution in [2.45, 2.75) is 19.9 Å². The van der Waals surface area contributed by atoms with Crippen LogP contribution in [0.25, 0.3) is 0 Å². The maximum Gasteiger partial charge on any atom is 0.317 e. The first-order valence-electron chi connectivity index (χ1n) is 10.6. The van der Waals surface area contributed by atoms with Gasteiger partial charge < -0.3 is 15.3 Å². The minimum Gasteiger partial charge on any atom is -0.480 e. The highest BCUT2D eigenvalue weighted by molar-refractivity contribution is 14.1. The van der Waals surface area contributed by atoms with Gasteiger partial charge in [0.05, 0.1) is 24.1 Å². The third-order valence-corrected chi connectivity index (χ3v) is 5.82. The number of carboxylic acid groups (broad SMARTS) is 3. The van der Waals surface area contributed by atoms with Crippen LogP contribution in [-0.4, -0.2) is 110 Å². The number of benzene rings is 1. The predicted molar refractivity (Wildman–Crippen MR) is 131 cm³/mol. The van der Waals surface area contributed by atoms with Gasteiger partial charge in [0.25, 0.3) is 0 Å². The van der Waals surface area contributed by atoms with Gasteiger partial charge in [0.1, 0.15) is 5.78 Å². The molecule has 1 aromatic rings. The van der Waals surface area contributed by atoms with Crippen LogP contribution in [0.1, 0.15) is 18.1 Å². The van der Waals surface area contributed by atoms with E-state index in [9.17, 15) is 29.4 Å². The van der Waals surface area contributed by atoms with E-state index in [0.717, 1.165) is 11.1 Å². The van der Waals surface area contributed by atoms with Gasteiger partial charge in [-0.3, -0.25) is 33.9 Å². The van der Waals surface area contributed by atoms with Gasteiger partial charge in [0.15, 0.2) is 0 Å². The summed E-state index contributed by atoms with van der Waals surface area (Å²) in [6.07, 6.45) is 0.364. The molecule has 0 spiro atoms. The van der Waals surface area contributed by atoms with E-state index in [0.29, 0.717) is 50.1 Å². The lowest BCUT2D eigenvalue weighted by Gasteiger charge is -2.28. The van der Waals surface area contributed by atoms with Gasteiger partial charge in [-0.2, -0.15) is 0 Å². The van der Waals surface area contributed by atoms with Crippen LogP contribution in [0.5, 0.6) is 0 Å². The van der Waals surface area contributed by atoms with E-state index in [4.69, 9.17) is 5.11 Å². The number of Topliss-reactive ketones (excluding diaryl/α,β-unsaturated/α-hetero) is 1. The number of aliphatic carboxylic acids is 3. The molecular weight excluding hydrogens is 545 g/mol. The van der Waals surface area contributed by atoms with E-state index in [1.165, 1.54) is 0 Å². The van der Waals surface area contributed by atoms with Crippen molar-refractivity contribution < 1.29 is 34.5 Å². The fraction of sp³-hybridized carbons (Fsp3) is 0.545. The highest BCUT2D eigenvalue weighted by Crippen LogP contribution is 2.10. The summed E-state index contributed by atoms with van der Waals surface area (Å²) >= 11 is 2.03.